The molecule has 4 heteroatoms. The molecule has 2 aliphatic heterocycles. The van der Waals surface area contributed by atoms with E-state index in [0.717, 1.165) is 12.8 Å². The van der Waals surface area contributed by atoms with Crippen LogP contribution in [0.1, 0.15) is 35.4 Å². The Kier molecular flexibility index (Phi) is 6.83. The van der Waals surface area contributed by atoms with Crippen molar-refractivity contribution < 1.29 is 0 Å². The summed E-state index contributed by atoms with van der Waals surface area (Å²) in [6.07, 6.45) is 18.5. The maximum atomic E-state index is 2.61. The van der Waals surface area contributed by atoms with E-state index >= 15 is 0 Å². The van der Waals surface area contributed by atoms with Crippen molar-refractivity contribution in [2.24, 2.45) is 5.92 Å². The summed E-state index contributed by atoms with van der Waals surface area (Å²) in [4.78, 5) is 5.53. The lowest BCUT2D eigenvalue weighted by atomic mass is 9.84. The van der Waals surface area contributed by atoms with Crippen LogP contribution in [0.15, 0.2) is 172 Å². The number of thiophene rings is 1. The molecule has 3 aliphatic carbocycles. The molecule has 0 fully saturated rings. The van der Waals surface area contributed by atoms with Gasteiger partial charge >= 0.3 is 0 Å². The highest BCUT2D eigenvalue weighted by molar-refractivity contribution is 8.03. The largest absolute Gasteiger partial charge is 0.310 e. The van der Waals surface area contributed by atoms with Crippen LogP contribution in [0.5, 0.6) is 0 Å². The Bertz CT molecular complexity index is 2710. The van der Waals surface area contributed by atoms with Gasteiger partial charge in [-0.2, -0.15) is 0 Å². The van der Waals surface area contributed by atoms with Crippen LogP contribution in [0.3, 0.4) is 0 Å². The quantitative estimate of drug-likeness (QED) is 0.167. The lowest BCUT2D eigenvalue weighted by molar-refractivity contribution is 0.783. The second-order valence-corrected chi connectivity index (χ2v) is 21.7. The van der Waals surface area contributed by atoms with Crippen molar-refractivity contribution in [3.63, 3.8) is 0 Å². The minimum Gasteiger partial charge on any atom is -0.310 e. The van der Waals surface area contributed by atoms with Crippen molar-refractivity contribution >= 4 is 84.7 Å². The summed E-state index contributed by atoms with van der Waals surface area (Å²) in [7, 11) is -1.95. The van der Waals surface area contributed by atoms with E-state index in [4.69, 9.17) is 0 Å². The molecule has 250 valence electrons. The standard InChI is InChI=1S/C48H37NS2Si/c1-52(2)45-25-23-39-37-14-5-8-17-43(37)51-48(39)47(45)40-22-20-36(29-46(40)52)49(35-21-24-44-41(28-35)38-15-6-7-16-42(38)50-44)34-13-9-12-32(27-34)33-19-18-30-10-3-4-11-31(30)26-33/h3-17,19-22,24-30,39H,18,23H2,1-2H3. The fourth-order valence-corrected chi connectivity index (χ4v) is 15.1. The van der Waals surface area contributed by atoms with Crippen molar-refractivity contribution in [2.45, 2.75) is 36.7 Å². The Hall–Kier alpha value is -4.87. The van der Waals surface area contributed by atoms with Gasteiger partial charge < -0.3 is 4.90 Å². The molecule has 6 aromatic rings. The summed E-state index contributed by atoms with van der Waals surface area (Å²) < 4.78 is 2.67. The van der Waals surface area contributed by atoms with Gasteiger partial charge in [0.1, 0.15) is 8.07 Å². The smallest absolute Gasteiger partial charge is 0.113 e. The second kappa shape index (κ2) is 11.6. The maximum absolute atomic E-state index is 2.61. The number of anilines is 3. The van der Waals surface area contributed by atoms with Gasteiger partial charge in [-0.15, -0.1) is 11.3 Å². The topological polar surface area (TPSA) is 3.24 Å². The first kappa shape index (κ1) is 30.7. The molecule has 2 unspecified atom stereocenters. The molecule has 11 rings (SSSR count). The highest BCUT2D eigenvalue weighted by atomic mass is 32.2. The average molecular weight is 720 g/mol. The van der Waals surface area contributed by atoms with Crippen LogP contribution in [-0.4, -0.2) is 8.07 Å². The predicted octanol–water partition coefficient (Wildman–Crippen LogP) is 13.4. The molecule has 0 saturated carbocycles. The van der Waals surface area contributed by atoms with E-state index in [9.17, 15) is 0 Å². The highest BCUT2D eigenvalue weighted by Crippen LogP contribution is 2.59. The molecule has 52 heavy (non-hydrogen) atoms. The van der Waals surface area contributed by atoms with Crippen molar-refractivity contribution in [1.82, 2.24) is 0 Å². The number of fused-ring (bicyclic) bond motifs is 10. The monoisotopic (exact) mass is 719 g/mol. The predicted molar refractivity (Wildman–Crippen MR) is 228 cm³/mol. The van der Waals surface area contributed by atoms with Gasteiger partial charge in [0.05, 0.1) is 0 Å². The van der Waals surface area contributed by atoms with E-state index in [2.05, 4.69) is 170 Å². The number of hydrogen-bond donors (Lipinski definition) is 0. The summed E-state index contributed by atoms with van der Waals surface area (Å²) >= 11 is 3.91. The SMILES string of the molecule is C[Si]1(C)C2=CCC3C(=C2c2ccc(N(c4cccc(C5=CCC6C=CC=CC6=C5)c4)c4ccc5sc6ccccc6c5c4)cc21)Sc1ccccc13. The molecule has 5 aromatic carbocycles. The van der Waals surface area contributed by atoms with Crippen molar-refractivity contribution in [2.75, 3.05) is 4.90 Å². The molecule has 2 atom stereocenters. The molecular formula is C48H37NS2Si. The fraction of sp³-hybridized carbons (Fsp3) is 0.125. The molecule has 3 heterocycles. The number of hydrogen-bond acceptors (Lipinski definition) is 3. The molecule has 5 aliphatic rings. The van der Waals surface area contributed by atoms with E-state index in [-0.39, 0.29) is 0 Å². The van der Waals surface area contributed by atoms with E-state index in [1.807, 2.05) is 23.1 Å². The zero-order valence-electron chi connectivity index (χ0n) is 29.3. The van der Waals surface area contributed by atoms with Crippen LogP contribution < -0.4 is 10.1 Å². The van der Waals surface area contributed by atoms with E-state index in [0.29, 0.717) is 11.8 Å². The zero-order chi connectivity index (χ0) is 34.6. The molecule has 1 aromatic heterocycles. The van der Waals surface area contributed by atoms with Crippen molar-refractivity contribution in [3.05, 3.63) is 184 Å². The number of nitrogens with zero attached hydrogens (tertiary/aromatic N) is 1. The van der Waals surface area contributed by atoms with Gasteiger partial charge in [0, 0.05) is 58.9 Å². The number of rotatable bonds is 4. The van der Waals surface area contributed by atoms with Crippen molar-refractivity contribution in [1.29, 1.82) is 0 Å². The average Bonchev–Trinajstić information content (AvgIpc) is 3.82. The van der Waals surface area contributed by atoms with Gasteiger partial charge in [-0.25, -0.2) is 0 Å². The first-order valence-corrected chi connectivity index (χ1v) is 23.1. The summed E-state index contributed by atoms with van der Waals surface area (Å²) in [6, 6.07) is 41.6. The van der Waals surface area contributed by atoms with Crippen LogP contribution >= 0.6 is 23.1 Å². The fourth-order valence-electron chi connectivity index (χ4n) is 9.31. The molecule has 1 nitrogen and oxygen atoms in total. The minimum atomic E-state index is -1.95. The van der Waals surface area contributed by atoms with E-state index in [1.165, 1.54) is 75.5 Å². The van der Waals surface area contributed by atoms with Crippen LogP contribution in [0.2, 0.25) is 13.1 Å². The molecule has 0 saturated heterocycles. The molecule has 0 bridgehead atoms. The van der Waals surface area contributed by atoms with Gasteiger partial charge in [-0.3, -0.25) is 0 Å². The summed E-state index contributed by atoms with van der Waals surface area (Å²) in [5.74, 6) is 0.975. The van der Waals surface area contributed by atoms with Gasteiger partial charge in [0.25, 0.3) is 0 Å². The minimum absolute atomic E-state index is 0.487. The summed E-state index contributed by atoms with van der Waals surface area (Å²) in [5.41, 5.74) is 12.1. The molecular weight excluding hydrogens is 683 g/mol. The Morgan fingerprint density at radius 1 is 0.712 bits per heavy atom. The van der Waals surface area contributed by atoms with Gasteiger partial charge in [-0.05, 0) is 111 Å². The molecule has 0 N–H and O–H groups in total. The highest BCUT2D eigenvalue weighted by Gasteiger charge is 2.46. The Morgan fingerprint density at radius 3 is 2.50 bits per heavy atom. The molecule has 0 amide bonds. The number of benzene rings is 5. The van der Waals surface area contributed by atoms with Crippen LogP contribution in [0, 0.1) is 5.92 Å². The normalized spacial score (nSPS) is 20.5. The van der Waals surface area contributed by atoms with Crippen LogP contribution in [0.25, 0.3) is 31.3 Å². The second-order valence-electron chi connectivity index (χ2n) is 15.2. The van der Waals surface area contributed by atoms with Gasteiger partial charge in [-0.1, -0.05) is 122 Å². The van der Waals surface area contributed by atoms with Crippen molar-refractivity contribution in [3.8, 4) is 0 Å². The van der Waals surface area contributed by atoms with E-state index < -0.39 is 8.07 Å². The van der Waals surface area contributed by atoms with Gasteiger partial charge in [0.15, 0.2) is 0 Å². The number of allylic oxidation sites excluding steroid dienone is 12. The first-order valence-electron chi connectivity index (χ1n) is 18.5. The third kappa shape index (κ3) is 4.61. The lowest BCUT2D eigenvalue weighted by Crippen LogP contribution is -2.40. The Morgan fingerprint density at radius 2 is 1.54 bits per heavy atom. The summed E-state index contributed by atoms with van der Waals surface area (Å²) in [5, 5.41) is 5.85. The Balaban J connectivity index is 1.08. The van der Waals surface area contributed by atoms with Crippen LogP contribution in [0.4, 0.5) is 17.1 Å². The third-order valence-corrected chi connectivity index (χ3v) is 17.9. The van der Waals surface area contributed by atoms with E-state index in [1.54, 1.807) is 15.3 Å². The Labute approximate surface area is 314 Å². The molecule has 0 spiro atoms. The number of thioether (sulfide) groups is 1. The first-order chi connectivity index (χ1) is 25.5. The maximum Gasteiger partial charge on any atom is 0.113 e. The third-order valence-electron chi connectivity index (χ3n) is 11.9. The van der Waals surface area contributed by atoms with Gasteiger partial charge in [0.2, 0.25) is 0 Å². The van der Waals surface area contributed by atoms with Crippen LogP contribution in [-0.2, 0) is 0 Å². The lowest BCUT2D eigenvalue weighted by Gasteiger charge is -2.28. The summed E-state index contributed by atoms with van der Waals surface area (Å²) in [6.45, 7) is 5.14. The molecule has 0 radical (unpaired) electrons. The zero-order valence-corrected chi connectivity index (χ0v) is 31.9.